The molecule has 0 unspecified atom stereocenters. The van der Waals surface area contributed by atoms with Gasteiger partial charge in [0.15, 0.2) is 0 Å². The van der Waals surface area contributed by atoms with E-state index in [1.54, 1.807) is 12.1 Å². The first-order chi connectivity index (χ1) is 11.1. The predicted molar refractivity (Wildman–Crippen MR) is 82.8 cm³/mol. The number of ether oxygens (including phenoxy) is 2. The summed E-state index contributed by atoms with van der Waals surface area (Å²) in [5.41, 5.74) is 11.7. The molecule has 23 heavy (non-hydrogen) atoms. The van der Waals surface area contributed by atoms with Gasteiger partial charge in [0.05, 0.1) is 25.4 Å². The van der Waals surface area contributed by atoms with E-state index in [0.29, 0.717) is 37.4 Å². The minimum Gasteiger partial charge on any atom is -0.375 e. The molecule has 1 aromatic rings. The van der Waals surface area contributed by atoms with Crippen molar-refractivity contribution in [2.45, 2.75) is 12.2 Å². The second kappa shape index (κ2) is 6.66. The Labute approximate surface area is 134 Å². The Morgan fingerprint density at radius 3 is 2.22 bits per heavy atom. The van der Waals surface area contributed by atoms with E-state index in [1.807, 2.05) is 0 Å². The van der Waals surface area contributed by atoms with Crippen LogP contribution in [0.1, 0.15) is 20.7 Å². The second-order valence-corrected chi connectivity index (χ2v) is 6.00. The summed E-state index contributed by atoms with van der Waals surface area (Å²) in [7, 11) is 0. The lowest BCUT2D eigenvalue weighted by molar-refractivity contribution is 0.0604. The molecular weight excluding hydrogens is 298 g/mol. The number of hydrogen-bond acceptors (Lipinski definition) is 5. The van der Waals surface area contributed by atoms with Gasteiger partial charge in [-0.25, -0.2) is 0 Å². The van der Waals surface area contributed by atoms with Crippen molar-refractivity contribution < 1.29 is 19.1 Å². The Morgan fingerprint density at radius 2 is 1.61 bits per heavy atom. The lowest BCUT2D eigenvalue weighted by atomic mass is 9.96. The van der Waals surface area contributed by atoms with Crippen molar-refractivity contribution in [3.05, 3.63) is 35.4 Å². The number of carbonyl (C=O) groups is 2. The molecule has 0 radical (unpaired) electrons. The summed E-state index contributed by atoms with van der Waals surface area (Å²) >= 11 is 0. The van der Waals surface area contributed by atoms with Gasteiger partial charge in [0.1, 0.15) is 0 Å². The van der Waals surface area contributed by atoms with Crippen LogP contribution in [0, 0.1) is 11.8 Å². The smallest absolute Gasteiger partial charge is 0.251 e. The van der Waals surface area contributed by atoms with Crippen LogP contribution in [0.5, 0.6) is 0 Å². The topological polar surface area (TPSA) is 117 Å². The average Bonchev–Trinajstić information content (AvgIpc) is 3.14. The monoisotopic (exact) mass is 319 g/mol. The SMILES string of the molecule is NC[C@H]1CO[C@@H]2[C@H](CNC(=O)c3ccc(C(N)=O)cc3)CO[C@H]12. The predicted octanol–water partition coefficient (Wildman–Crippen LogP) is -0.496. The molecule has 0 spiro atoms. The Morgan fingerprint density at radius 1 is 1.04 bits per heavy atom. The maximum absolute atomic E-state index is 12.2. The van der Waals surface area contributed by atoms with Crippen LogP contribution in [0.15, 0.2) is 24.3 Å². The zero-order valence-corrected chi connectivity index (χ0v) is 12.7. The fourth-order valence-corrected chi connectivity index (χ4v) is 3.15. The van der Waals surface area contributed by atoms with Crippen molar-refractivity contribution >= 4 is 11.8 Å². The van der Waals surface area contributed by atoms with Gasteiger partial charge in [0.2, 0.25) is 5.91 Å². The quantitative estimate of drug-likeness (QED) is 0.677. The van der Waals surface area contributed by atoms with Crippen LogP contribution in [-0.4, -0.2) is 50.3 Å². The van der Waals surface area contributed by atoms with Gasteiger partial charge in [-0.3, -0.25) is 9.59 Å². The van der Waals surface area contributed by atoms with Gasteiger partial charge in [0.25, 0.3) is 5.91 Å². The third kappa shape index (κ3) is 3.21. The number of benzene rings is 1. The maximum Gasteiger partial charge on any atom is 0.251 e. The third-order valence-electron chi connectivity index (χ3n) is 4.52. The van der Waals surface area contributed by atoms with Gasteiger partial charge in [0, 0.05) is 29.5 Å². The highest BCUT2D eigenvalue weighted by Gasteiger charge is 2.46. The van der Waals surface area contributed by atoms with Crippen LogP contribution in [0.2, 0.25) is 0 Å². The Balaban J connectivity index is 1.54. The number of primary amides is 1. The molecule has 2 aliphatic rings. The summed E-state index contributed by atoms with van der Waals surface area (Å²) in [6.45, 7) is 2.21. The summed E-state index contributed by atoms with van der Waals surface area (Å²) in [6.07, 6.45) is 0.0397. The average molecular weight is 319 g/mol. The highest BCUT2D eigenvalue weighted by atomic mass is 16.6. The molecule has 124 valence electrons. The standard InChI is InChI=1S/C16H21N3O4/c17-5-11-7-22-14-12(8-23-13(11)14)6-19-16(21)10-3-1-9(2-4-10)15(18)20/h1-4,11-14H,5-8,17H2,(H2,18,20)(H,19,21)/t11-,12+,13+,14+/m0/s1. The number of rotatable bonds is 5. The van der Waals surface area contributed by atoms with E-state index in [0.717, 1.165) is 0 Å². The number of amides is 2. The summed E-state index contributed by atoms with van der Waals surface area (Å²) in [5, 5.41) is 2.89. The van der Waals surface area contributed by atoms with Crippen LogP contribution >= 0.6 is 0 Å². The molecule has 4 atom stereocenters. The Kier molecular flexibility index (Phi) is 4.61. The lowest BCUT2D eigenvalue weighted by Gasteiger charge is -2.16. The van der Waals surface area contributed by atoms with Gasteiger partial charge < -0.3 is 26.3 Å². The Bertz CT molecular complexity index is 589. The molecule has 0 saturated carbocycles. The molecule has 2 saturated heterocycles. The van der Waals surface area contributed by atoms with Crippen molar-refractivity contribution in [3.8, 4) is 0 Å². The van der Waals surface area contributed by atoms with Crippen molar-refractivity contribution in [1.82, 2.24) is 5.32 Å². The van der Waals surface area contributed by atoms with E-state index >= 15 is 0 Å². The lowest BCUT2D eigenvalue weighted by Crippen LogP contribution is -2.36. The van der Waals surface area contributed by atoms with Crippen molar-refractivity contribution in [1.29, 1.82) is 0 Å². The zero-order valence-electron chi connectivity index (χ0n) is 12.7. The summed E-state index contributed by atoms with van der Waals surface area (Å²) in [6, 6.07) is 6.25. The summed E-state index contributed by atoms with van der Waals surface area (Å²) in [5.74, 6) is -0.343. The normalized spacial score (nSPS) is 29.3. The molecule has 2 amide bonds. The molecule has 1 aromatic carbocycles. The first kappa shape index (κ1) is 15.9. The van der Waals surface area contributed by atoms with Crippen LogP contribution in [0.3, 0.4) is 0 Å². The van der Waals surface area contributed by atoms with Gasteiger partial charge in [-0.1, -0.05) is 0 Å². The first-order valence-electron chi connectivity index (χ1n) is 7.71. The molecular formula is C16H21N3O4. The van der Waals surface area contributed by atoms with E-state index in [2.05, 4.69) is 5.32 Å². The van der Waals surface area contributed by atoms with Crippen LogP contribution < -0.4 is 16.8 Å². The minimum absolute atomic E-state index is 0.00101. The van der Waals surface area contributed by atoms with Gasteiger partial charge in [-0.05, 0) is 30.8 Å². The van der Waals surface area contributed by atoms with Crippen LogP contribution in [-0.2, 0) is 9.47 Å². The summed E-state index contributed by atoms with van der Waals surface area (Å²) < 4.78 is 11.5. The molecule has 3 rings (SSSR count). The fraction of sp³-hybridized carbons (Fsp3) is 0.500. The Hall–Kier alpha value is -1.96. The number of nitrogens with two attached hydrogens (primary N) is 2. The summed E-state index contributed by atoms with van der Waals surface area (Å²) in [4.78, 5) is 23.2. The van der Waals surface area contributed by atoms with E-state index < -0.39 is 5.91 Å². The van der Waals surface area contributed by atoms with Crippen LogP contribution in [0.25, 0.3) is 0 Å². The largest absolute Gasteiger partial charge is 0.375 e. The molecule has 2 fully saturated rings. The molecule has 0 bridgehead atoms. The van der Waals surface area contributed by atoms with E-state index in [-0.39, 0.29) is 30.0 Å². The highest BCUT2D eigenvalue weighted by molar-refractivity contribution is 5.97. The molecule has 0 aromatic heterocycles. The number of fused-ring (bicyclic) bond motifs is 1. The minimum atomic E-state index is -0.515. The molecule has 7 heteroatoms. The second-order valence-electron chi connectivity index (χ2n) is 6.00. The van der Waals surface area contributed by atoms with E-state index in [1.165, 1.54) is 12.1 Å². The molecule has 7 nitrogen and oxygen atoms in total. The maximum atomic E-state index is 12.2. The first-order valence-corrected chi connectivity index (χ1v) is 7.71. The van der Waals surface area contributed by atoms with Gasteiger partial charge in [-0.15, -0.1) is 0 Å². The molecule has 2 aliphatic heterocycles. The van der Waals surface area contributed by atoms with E-state index in [4.69, 9.17) is 20.9 Å². The van der Waals surface area contributed by atoms with Crippen molar-refractivity contribution in [2.24, 2.45) is 23.3 Å². The van der Waals surface area contributed by atoms with Crippen LogP contribution in [0.4, 0.5) is 0 Å². The number of nitrogens with one attached hydrogen (secondary N) is 1. The zero-order chi connectivity index (χ0) is 16.4. The highest BCUT2D eigenvalue weighted by Crippen LogP contribution is 2.33. The van der Waals surface area contributed by atoms with Gasteiger partial charge >= 0.3 is 0 Å². The van der Waals surface area contributed by atoms with Gasteiger partial charge in [-0.2, -0.15) is 0 Å². The van der Waals surface area contributed by atoms with Crippen molar-refractivity contribution in [2.75, 3.05) is 26.3 Å². The third-order valence-corrected chi connectivity index (χ3v) is 4.52. The molecule has 0 aliphatic carbocycles. The number of carbonyl (C=O) groups excluding carboxylic acids is 2. The van der Waals surface area contributed by atoms with Crippen molar-refractivity contribution in [3.63, 3.8) is 0 Å². The fourth-order valence-electron chi connectivity index (χ4n) is 3.15. The molecule has 5 N–H and O–H groups in total. The van der Waals surface area contributed by atoms with E-state index in [9.17, 15) is 9.59 Å². The number of hydrogen-bond donors (Lipinski definition) is 3. The molecule has 2 heterocycles.